The van der Waals surface area contributed by atoms with E-state index in [-0.39, 0.29) is 11.6 Å². The number of aromatic nitrogens is 1. The van der Waals surface area contributed by atoms with Crippen molar-refractivity contribution in [3.05, 3.63) is 88.6 Å². The van der Waals surface area contributed by atoms with Crippen molar-refractivity contribution in [3.63, 3.8) is 0 Å². The quantitative estimate of drug-likeness (QED) is 0.667. The van der Waals surface area contributed by atoms with Crippen LogP contribution in [-0.4, -0.2) is 17.4 Å². The summed E-state index contributed by atoms with van der Waals surface area (Å²) in [5.74, 6) is 0.0720. The van der Waals surface area contributed by atoms with E-state index in [1.54, 1.807) is 0 Å². The van der Waals surface area contributed by atoms with E-state index >= 15 is 0 Å². The molecule has 1 aromatic heterocycles. The number of carbonyl (C=O) groups is 1. The number of halogens is 1. The fraction of sp³-hybridized carbons (Fsp3) is 0.200. The Balaban J connectivity index is 1.52. The van der Waals surface area contributed by atoms with Gasteiger partial charge in [-0.05, 0) is 36.1 Å². The third-order valence-corrected chi connectivity index (χ3v) is 4.19. The van der Waals surface area contributed by atoms with E-state index in [1.165, 1.54) is 6.26 Å². The van der Waals surface area contributed by atoms with Gasteiger partial charge in [-0.15, -0.1) is 0 Å². The van der Waals surface area contributed by atoms with E-state index in [0.717, 1.165) is 11.1 Å². The van der Waals surface area contributed by atoms with Crippen LogP contribution < -0.4 is 11.1 Å². The lowest BCUT2D eigenvalue weighted by atomic mass is 10.1. The predicted octanol–water partition coefficient (Wildman–Crippen LogP) is 3.54. The molecule has 0 spiro atoms. The molecule has 26 heavy (non-hydrogen) atoms. The van der Waals surface area contributed by atoms with Crippen LogP contribution in [0.5, 0.6) is 0 Å². The molecule has 2 aromatic carbocycles. The number of amides is 1. The molecule has 1 atom stereocenters. The zero-order valence-corrected chi connectivity index (χ0v) is 14.9. The first-order valence-corrected chi connectivity index (χ1v) is 8.77. The smallest absolute Gasteiger partial charge is 0.273 e. The Bertz CT molecular complexity index is 864. The second-order valence-corrected chi connectivity index (χ2v) is 6.44. The van der Waals surface area contributed by atoms with Gasteiger partial charge in [0.05, 0.1) is 6.04 Å². The predicted molar refractivity (Wildman–Crippen MR) is 101 cm³/mol. The van der Waals surface area contributed by atoms with Crippen LogP contribution in [0.4, 0.5) is 0 Å². The molecule has 1 unspecified atom stereocenters. The van der Waals surface area contributed by atoms with Crippen molar-refractivity contribution >= 4 is 17.5 Å². The molecular formula is C20H20ClN3O2. The van der Waals surface area contributed by atoms with E-state index in [0.29, 0.717) is 30.3 Å². The van der Waals surface area contributed by atoms with Crippen molar-refractivity contribution in [1.82, 2.24) is 10.3 Å². The van der Waals surface area contributed by atoms with Crippen LogP contribution in [0.2, 0.25) is 5.02 Å². The molecule has 0 aliphatic heterocycles. The van der Waals surface area contributed by atoms with E-state index < -0.39 is 6.04 Å². The zero-order valence-electron chi connectivity index (χ0n) is 14.2. The maximum Gasteiger partial charge on any atom is 0.273 e. The molecule has 1 amide bonds. The highest BCUT2D eigenvalue weighted by Crippen LogP contribution is 2.16. The van der Waals surface area contributed by atoms with Crippen molar-refractivity contribution in [2.24, 2.45) is 5.73 Å². The van der Waals surface area contributed by atoms with Gasteiger partial charge >= 0.3 is 0 Å². The zero-order chi connectivity index (χ0) is 18.4. The second-order valence-electron chi connectivity index (χ2n) is 6.00. The van der Waals surface area contributed by atoms with Crippen molar-refractivity contribution < 1.29 is 9.21 Å². The monoisotopic (exact) mass is 369 g/mol. The van der Waals surface area contributed by atoms with Gasteiger partial charge in [-0.2, -0.15) is 0 Å². The van der Waals surface area contributed by atoms with Crippen LogP contribution in [-0.2, 0) is 12.8 Å². The summed E-state index contributed by atoms with van der Waals surface area (Å²) >= 11 is 5.95. The Morgan fingerprint density at radius 1 is 1.15 bits per heavy atom. The molecule has 0 saturated carbocycles. The number of rotatable bonds is 7. The molecule has 0 aliphatic rings. The van der Waals surface area contributed by atoms with E-state index in [2.05, 4.69) is 10.3 Å². The van der Waals surface area contributed by atoms with Gasteiger partial charge in [0.2, 0.25) is 5.89 Å². The summed E-state index contributed by atoms with van der Waals surface area (Å²) < 4.78 is 5.39. The molecule has 5 nitrogen and oxygen atoms in total. The van der Waals surface area contributed by atoms with Gasteiger partial charge < -0.3 is 15.5 Å². The van der Waals surface area contributed by atoms with Crippen molar-refractivity contribution in [3.8, 4) is 0 Å². The lowest BCUT2D eigenvalue weighted by Gasteiger charge is -2.07. The van der Waals surface area contributed by atoms with Crippen molar-refractivity contribution in [2.75, 3.05) is 6.54 Å². The van der Waals surface area contributed by atoms with Gasteiger partial charge in [0.25, 0.3) is 5.91 Å². The van der Waals surface area contributed by atoms with Crippen LogP contribution in [0.1, 0.15) is 33.5 Å². The lowest BCUT2D eigenvalue weighted by Crippen LogP contribution is -2.26. The summed E-state index contributed by atoms with van der Waals surface area (Å²) in [7, 11) is 0. The topological polar surface area (TPSA) is 81.1 Å². The summed E-state index contributed by atoms with van der Waals surface area (Å²) in [5, 5.41) is 3.51. The number of oxazole rings is 1. The largest absolute Gasteiger partial charge is 0.446 e. The normalized spacial score (nSPS) is 11.9. The summed E-state index contributed by atoms with van der Waals surface area (Å²) in [4.78, 5) is 16.4. The first-order valence-electron chi connectivity index (χ1n) is 8.39. The van der Waals surface area contributed by atoms with Gasteiger partial charge in [-0.25, -0.2) is 4.98 Å². The van der Waals surface area contributed by atoms with Gasteiger partial charge in [-0.3, -0.25) is 4.79 Å². The number of nitrogens with two attached hydrogens (primary N) is 1. The standard InChI is InChI=1S/C20H20ClN3O2/c21-16-8-4-7-15(11-16)9-10-23-19(25)18-13-26-20(24-18)17(22)12-14-5-2-1-3-6-14/h1-8,11,13,17H,9-10,12,22H2,(H,23,25). The van der Waals surface area contributed by atoms with Crippen LogP contribution in [0.25, 0.3) is 0 Å². The number of carbonyl (C=O) groups excluding carboxylic acids is 1. The highest BCUT2D eigenvalue weighted by atomic mass is 35.5. The maximum absolute atomic E-state index is 12.2. The number of hydrogen-bond acceptors (Lipinski definition) is 4. The number of nitrogens with zero attached hydrogens (tertiary/aromatic N) is 1. The van der Waals surface area contributed by atoms with Gasteiger partial charge in [0, 0.05) is 11.6 Å². The third kappa shape index (κ3) is 4.94. The minimum Gasteiger partial charge on any atom is -0.446 e. The molecule has 6 heteroatoms. The Kier molecular flexibility index (Phi) is 6.04. The third-order valence-electron chi connectivity index (χ3n) is 3.96. The molecule has 3 aromatic rings. The summed E-state index contributed by atoms with van der Waals surface area (Å²) in [6, 6.07) is 17.0. The van der Waals surface area contributed by atoms with Gasteiger partial charge in [-0.1, -0.05) is 54.1 Å². The SMILES string of the molecule is NC(Cc1ccccc1)c1nc(C(=O)NCCc2cccc(Cl)c2)co1. The average molecular weight is 370 g/mol. The molecule has 1 heterocycles. The average Bonchev–Trinajstić information content (AvgIpc) is 3.13. The van der Waals surface area contributed by atoms with Gasteiger partial charge in [0.15, 0.2) is 5.69 Å². The summed E-state index contributed by atoms with van der Waals surface area (Å²) in [6.45, 7) is 0.484. The minimum absolute atomic E-state index is 0.231. The Hall–Kier alpha value is -2.63. The number of nitrogens with one attached hydrogen (secondary N) is 1. The minimum atomic E-state index is -0.398. The molecule has 0 aliphatic carbocycles. The van der Waals surface area contributed by atoms with Gasteiger partial charge in [0.1, 0.15) is 6.26 Å². The van der Waals surface area contributed by atoms with E-state index in [9.17, 15) is 4.79 Å². The molecule has 0 saturated heterocycles. The Labute approximate surface area is 157 Å². The molecule has 3 rings (SSSR count). The number of benzene rings is 2. The van der Waals surface area contributed by atoms with Crippen molar-refractivity contribution in [1.29, 1.82) is 0 Å². The Morgan fingerprint density at radius 2 is 1.92 bits per heavy atom. The van der Waals surface area contributed by atoms with Crippen LogP contribution in [0.3, 0.4) is 0 Å². The number of hydrogen-bond donors (Lipinski definition) is 2. The summed E-state index contributed by atoms with van der Waals surface area (Å²) in [5.41, 5.74) is 8.51. The van der Waals surface area contributed by atoms with E-state index in [4.69, 9.17) is 21.8 Å². The molecule has 134 valence electrons. The Morgan fingerprint density at radius 3 is 2.69 bits per heavy atom. The van der Waals surface area contributed by atoms with Crippen LogP contribution in [0, 0.1) is 0 Å². The molecular weight excluding hydrogens is 350 g/mol. The maximum atomic E-state index is 12.2. The van der Waals surface area contributed by atoms with Crippen molar-refractivity contribution in [2.45, 2.75) is 18.9 Å². The van der Waals surface area contributed by atoms with Crippen LogP contribution >= 0.6 is 11.6 Å². The second kappa shape index (κ2) is 8.65. The molecule has 0 radical (unpaired) electrons. The molecule has 0 fully saturated rings. The fourth-order valence-electron chi connectivity index (χ4n) is 2.62. The van der Waals surface area contributed by atoms with E-state index in [1.807, 2.05) is 54.6 Å². The summed E-state index contributed by atoms with van der Waals surface area (Å²) in [6.07, 6.45) is 2.62. The molecule has 0 bridgehead atoms. The first kappa shape index (κ1) is 18.2. The first-order chi connectivity index (χ1) is 12.6. The molecule has 3 N–H and O–H groups in total. The van der Waals surface area contributed by atoms with Crippen LogP contribution in [0.15, 0.2) is 65.3 Å². The fourth-order valence-corrected chi connectivity index (χ4v) is 2.83. The lowest BCUT2D eigenvalue weighted by molar-refractivity contribution is 0.0949. The highest BCUT2D eigenvalue weighted by molar-refractivity contribution is 6.30. The highest BCUT2D eigenvalue weighted by Gasteiger charge is 2.17.